The van der Waals surface area contributed by atoms with Crippen LogP contribution in [-0.4, -0.2) is 0 Å². The molecule has 0 saturated carbocycles. The van der Waals surface area contributed by atoms with Gasteiger partial charge in [0, 0.05) is 11.5 Å². The minimum atomic E-state index is -0.309. The van der Waals surface area contributed by atoms with Gasteiger partial charge >= 0.3 is 5.63 Å². The van der Waals surface area contributed by atoms with Crippen LogP contribution in [0.5, 0.6) is 0 Å². The molecule has 0 fully saturated rings. The van der Waals surface area contributed by atoms with Gasteiger partial charge in [-0.1, -0.05) is 29.8 Å². The van der Waals surface area contributed by atoms with E-state index in [0.29, 0.717) is 5.58 Å². The molecule has 3 aromatic rings. The first kappa shape index (κ1) is 12.7. The summed E-state index contributed by atoms with van der Waals surface area (Å²) in [7, 11) is 0. The van der Waals surface area contributed by atoms with Gasteiger partial charge in [0.05, 0.1) is 0 Å². The lowest BCUT2D eigenvalue weighted by molar-refractivity contribution is 0.561. The fraction of sp³-hybridized carbons (Fsp3) is 0.167. The second-order valence-corrected chi connectivity index (χ2v) is 5.28. The first-order valence-corrected chi connectivity index (χ1v) is 6.67. The maximum absolute atomic E-state index is 11.8. The molecule has 1 heterocycles. The Morgan fingerprint density at radius 2 is 1.50 bits per heavy atom. The van der Waals surface area contributed by atoms with Crippen LogP contribution in [0, 0.1) is 20.8 Å². The average Bonchev–Trinajstić information content (AvgIpc) is 2.41. The van der Waals surface area contributed by atoms with Crippen molar-refractivity contribution in [2.75, 3.05) is 0 Å². The summed E-state index contributed by atoms with van der Waals surface area (Å²) in [5, 5.41) is 0.983. The minimum absolute atomic E-state index is 0.309. The fourth-order valence-corrected chi connectivity index (χ4v) is 2.39. The predicted octanol–water partition coefficient (Wildman–Crippen LogP) is 4.39. The topological polar surface area (TPSA) is 30.2 Å². The van der Waals surface area contributed by atoms with Gasteiger partial charge in [-0.05, 0) is 55.2 Å². The molecule has 0 aliphatic carbocycles. The van der Waals surface area contributed by atoms with Gasteiger partial charge < -0.3 is 4.42 Å². The van der Waals surface area contributed by atoms with Crippen molar-refractivity contribution in [2.45, 2.75) is 20.8 Å². The summed E-state index contributed by atoms with van der Waals surface area (Å²) in [4.78, 5) is 11.8. The highest BCUT2D eigenvalue weighted by molar-refractivity contribution is 5.94. The van der Waals surface area contributed by atoms with E-state index in [1.54, 1.807) is 6.07 Å². The Morgan fingerprint density at radius 1 is 0.850 bits per heavy atom. The number of rotatable bonds is 1. The van der Waals surface area contributed by atoms with Crippen molar-refractivity contribution in [1.29, 1.82) is 0 Å². The maximum atomic E-state index is 11.8. The van der Waals surface area contributed by atoms with Crippen LogP contribution in [0.25, 0.3) is 22.1 Å². The Bertz CT molecular complexity index is 840. The van der Waals surface area contributed by atoms with Crippen LogP contribution in [0.15, 0.2) is 51.7 Å². The van der Waals surface area contributed by atoms with Gasteiger partial charge in [0.25, 0.3) is 0 Å². The van der Waals surface area contributed by atoms with Gasteiger partial charge in [0.2, 0.25) is 0 Å². The summed E-state index contributed by atoms with van der Waals surface area (Å²) in [5.41, 5.74) is 5.83. The molecule has 0 unspecified atom stereocenters. The van der Waals surface area contributed by atoms with Gasteiger partial charge in [-0.25, -0.2) is 4.79 Å². The Hall–Kier alpha value is -2.35. The number of fused-ring (bicyclic) bond motifs is 1. The van der Waals surface area contributed by atoms with Crippen LogP contribution in [0.4, 0.5) is 0 Å². The Balaban J connectivity index is 2.37. The van der Waals surface area contributed by atoms with E-state index >= 15 is 0 Å². The van der Waals surface area contributed by atoms with Crippen molar-refractivity contribution in [3.63, 3.8) is 0 Å². The molecule has 0 amide bonds. The lowest BCUT2D eigenvalue weighted by Crippen LogP contribution is -1.99. The highest BCUT2D eigenvalue weighted by atomic mass is 16.4. The first-order chi connectivity index (χ1) is 9.54. The van der Waals surface area contributed by atoms with Crippen molar-refractivity contribution in [3.8, 4) is 11.1 Å². The highest BCUT2D eigenvalue weighted by Crippen LogP contribution is 2.29. The van der Waals surface area contributed by atoms with E-state index < -0.39 is 0 Å². The molecule has 1 aromatic heterocycles. The van der Waals surface area contributed by atoms with Crippen LogP contribution >= 0.6 is 0 Å². The van der Waals surface area contributed by atoms with Crippen molar-refractivity contribution in [2.24, 2.45) is 0 Å². The molecule has 100 valence electrons. The smallest absolute Gasteiger partial charge is 0.336 e. The molecule has 0 atom stereocenters. The summed E-state index contributed by atoms with van der Waals surface area (Å²) in [6.45, 7) is 6.14. The van der Waals surface area contributed by atoms with Crippen LogP contribution in [0.2, 0.25) is 0 Å². The second kappa shape index (κ2) is 4.64. The monoisotopic (exact) mass is 264 g/mol. The molecule has 2 nitrogen and oxygen atoms in total. The summed E-state index contributed by atoms with van der Waals surface area (Å²) >= 11 is 0. The number of aryl methyl sites for hydroxylation is 3. The van der Waals surface area contributed by atoms with E-state index in [-0.39, 0.29) is 5.63 Å². The third-order valence-corrected chi connectivity index (χ3v) is 3.72. The van der Waals surface area contributed by atoms with Gasteiger partial charge in [0.15, 0.2) is 0 Å². The van der Waals surface area contributed by atoms with Crippen LogP contribution in [-0.2, 0) is 0 Å². The van der Waals surface area contributed by atoms with Gasteiger partial charge in [-0.15, -0.1) is 0 Å². The van der Waals surface area contributed by atoms with Crippen molar-refractivity contribution in [3.05, 3.63) is 69.6 Å². The molecule has 0 saturated heterocycles. The molecule has 2 heteroatoms. The van der Waals surface area contributed by atoms with Crippen molar-refractivity contribution in [1.82, 2.24) is 0 Å². The third-order valence-electron chi connectivity index (χ3n) is 3.72. The van der Waals surface area contributed by atoms with Crippen LogP contribution < -0.4 is 5.63 Å². The Kier molecular flexibility index (Phi) is 2.94. The van der Waals surface area contributed by atoms with Crippen LogP contribution in [0.3, 0.4) is 0 Å². The second-order valence-electron chi connectivity index (χ2n) is 5.28. The maximum Gasteiger partial charge on any atom is 0.336 e. The molecule has 0 spiro atoms. The lowest BCUT2D eigenvalue weighted by Gasteiger charge is -2.08. The van der Waals surface area contributed by atoms with E-state index in [0.717, 1.165) is 22.1 Å². The summed E-state index contributed by atoms with van der Waals surface area (Å²) < 4.78 is 5.33. The van der Waals surface area contributed by atoms with Crippen molar-refractivity contribution < 1.29 is 4.42 Å². The van der Waals surface area contributed by atoms with Gasteiger partial charge in [-0.2, -0.15) is 0 Å². The van der Waals surface area contributed by atoms with E-state index in [1.807, 2.05) is 25.1 Å². The zero-order valence-electron chi connectivity index (χ0n) is 11.9. The third kappa shape index (κ3) is 2.14. The molecule has 0 bridgehead atoms. The van der Waals surface area contributed by atoms with E-state index in [2.05, 4.69) is 32.0 Å². The summed E-state index contributed by atoms with van der Waals surface area (Å²) in [5.74, 6) is 0. The molecule has 0 aliphatic heterocycles. The standard InChI is InChI=1S/C18H16O2/c1-11-4-6-14(7-5-11)15-10-18(19)20-17-9-13(3)12(2)8-16(15)17/h4-10H,1-3H3. The van der Waals surface area contributed by atoms with Crippen LogP contribution in [0.1, 0.15) is 16.7 Å². The molecule has 2 aromatic carbocycles. The molecular weight excluding hydrogens is 248 g/mol. The Labute approximate surface area is 117 Å². The fourth-order valence-electron chi connectivity index (χ4n) is 2.39. The van der Waals surface area contributed by atoms with E-state index in [1.165, 1.54) is 11.1 Å². The molecule has 0 N–H and O–H groups in total. The molecule has 20 heavy (non-hydrogen) atoms. The average molecular weight is 264 g/mol. The minimum Gasteiger partial charge on any atom is -0.423 e. The first-order valence-electron chi connectivity index (χ1n) is 6.67. The number of hydrogen-bond donors (Lipinski definition) is 0. The lowest BCUT2D eigenvalue weighted by atomic mass is 9.98. The largest absolute Gasteiger partial charge is 0.423 e. The molecular formula is C18H16O2. The predicted molar refractivity (Wildman–Crippen MR) is 82.1 cm³/mol. The van der Waals surface area contributed by atoms with Gasteiger partial charge in [0.1, 0.15) is 5.58 Å². The normalized spacial score (nSPS) is 10.9. The summed E-state index contributed by atoms with van der Waals surface area (Å²) in [6.07, 6.45) is 0. The van der Waals surface area contributed by atoms with Crippen molar-refractivity contribution >= 4 is 11.0 Å². The molecule has 3 rings (SSSR count). The molecule has 0 aliphatic rings. The number of hydrogen-bond acceptors (Lipinski definition) is 2. The van der Waals surface area contributed by atoms with E-state index in [9.17, 15) is 4.79 Å². The summed E-state index contributed by atoms with van der Waals surface area (Å²) in [6, 6.07) is 13.8. The quantitative estimate of drug-likeness (QED) is 0.610. The Morgan fingerprint density at radius 3 is 2.20 bits per heavy atom. The zero-order valence-corrected chi connectivity index (χ0v) is 11.9. The van der Waals surface area contributed by atoms with E-state index in [4.69, 9.17) is 4.42 Å². The van der Waals surface area contributed by atoms with Gasteiger partial charge in [-0.3, -0.25) is 0 Å². The number of benzene rings is 2. The zero-order chi connectivity index (χ0) is 14.3. The SMILES string of the molecule is Cc1ccc(-c2cc(=O)oc3cc(C)c(C)cc23)cc1. The molecule has 0 radical (unpaired) electrons. The highest BCUT2D eigenvalue weighted by Gasteiger charge is 2.09.